The molecule has 2 aromatic carbocycles. The quantitative estimate of drug-likeness (QED) is 0.381. The average Bonchev–Trinajstić information content (AvgIpc) is 2.75. The summed E-state index contributed by atoms with van der Waals surface area (Å²) in [7, 11) is 0. The normalized spacial score (nSPS) is 10.5. The molecular weight excluding hydrogens is 374 g/mol. The second-order valence-corrected chi connectivity index (χ2v) is 5.82. The fourth-order valence-electron chi connectivity index (χ4n) is 2.35. The van der Waals surface area contributed by atoms with Gasteiger partial charge >= 0.3 is 0 Å². The fourth-order valence-corrected chi connectivity index (χ4v) is 2.35. The summed E-state index contributed by atoms with van der Waals surface area (Å²) in [6.45, 7) is 0. The number of carbonyl (C=O) groups is 2. The molecule has 144 valence electrons. The highest BCUT2D eigenvalue weighted by atomic mass is 16.6. The standard InChI is InChI=1S/C20H15N5O4/c26-19(16-2-1-3-18(12-16)25(28)29)23-17-6-4-15(5-7-17)20(27)24-22-13-14-8-10-21-11-9-14/h1-13H,(H,23,26)(H,24,27). The van der Waals surface area contributed by atoms with Crippen LogP contribution in [0.3, 0.4) is 0 Å². The summed E-state index contributed by atoms with van der Waals surface area (Å²) in [6, 6.07) is 15.1. The number of hydrazone groups is 1. The number of nitrogens with zero attached hydrogens (tertiary/aromatic N) is 3. The monoisotopic (exact) mass is 389 g/mol. The maximum Gasteiger partial charge on any atom is 0.271 e. The number of nitro groups is 1. The molecule has 0 aliphatic heterocycles. The second kappa shape index (κ2) is 9.00. The van der Waals surface area contributed by atoms with Crippen LogP contribution in [0.5, 0.6) is 0 Å². The lowest BCUT2D eigenvalue weighted by atomic mass is 10.1. The SMILES string of the molecule is O=C(NN=Cc1ccncc1)c1ccc(NC(=O)c2cccc([N+](=O)[O-])c2)cc1. The van der Waals surface area contributed by atoms with Crippen LogP contribution >= 0.6 is 0 Å². The van der Waals surface area contributed by atoms with Crippen molar-refractivity contribution >= 4 is 29.4 Å². The van der Waals surface area contributed by atoms with Crippen molar-refractivity contribution in [2.45, 2.75) is 0 Å². The van der Waals surface area contributed by atoms with E-state index in [2.05, 4.69) is 20.8 Å². The van der Waals surface area contributed by atoms with Crippen LogP contribution in [0, 0.1) is 10.1 Å². The highest BCUT2D eigenvalue weighted by molar-refractivity contribution is 6.05. The van der Waals surface area contributed by atoms with Gasteiger partial charge in [-0.15, -0.1) is 0 Å². The Kier molecular flexibility index (Phi) is 6.01. The Balaban J connectivity index is 1.60. The third-order valence-corrected chi connectivity index (χ3v) is 3.81. The summed E-state index contributed by atoms with van der Waals surface area (Å²) in [5.74, 6) is -0.903. The minimum atomic E-state index is -0.568. The molecule has 0 fully saturated rings. The first-order valence-electron chi connectivity index (χ1n) is 8.42. The van der Waals surface area contributed by atoms with Crippen molar-refractivity contribution in [3.05, 3.63) is 99.9 Å². The number of non-ortho nitro benzene ring substituents is 1. The van der Waals surface area contributed by atoms with E-state index in [1.54, 1.807) is 36.7 Å². The average molecular weight is 389 g/mol. The maximum atomic E-state index is 12.2. The number of pyridine rings is 1. The Morgan fingerprint density at radius 2 is 1.69 bits per heavy atom. The topological polar surface area (TPSA) is 127 Å². The minimum Gasteiger partial charge on any atom is -0.322 e. The molecule has 0 saturated carbocycles. The first kappa shape index (κ1) is 19.4. The number of nitrogens with one attached hydrogen (secondary N) is 2. The summed E-state index contributed by atoms with van der Waals surface area (Å²) in [5.41, 5.74) is 3.98. The third-order valence-electron chi connectivity index (χ3n) is 3.81. The maximum absolute atomic E-state index is 12.2. The second-order valence-electron chi connectivity index (χ2n) is 5.82. The fraction of sp³-hybridized carbons (Fsp3) is 0. The number of rotatable bonds is 6. The van der Waals surface area contributed by atoms with E-state index in [0.29, 0.717) is 11.3 Å². The van der Waals surface area contributed by atoms with Crippen LogP contribution in [-0.4, -0.2) is 27.9 Å². The molecule has 0 spiro atoms. The van der Waals surface area contributed by atoms with E-state index in [1.165, 1.54) is 42.6 Å². The Morgan fingerprint density at radius 1 is 0.966 bits per heavy atom. The first-order chi connectivity index (χ1) is 14.0. The van der Waals surface area contributed by atoms with Crippen LogP contribution < -0.4 is 10.7 Å². The van der Waals surface area contributed by atoms with E-state index in [0.717, 1.165) is 5.56 Å². The van der Waals surface area contributed by atoms with Crippen molar-refractivity contribution in [2.75, 3.05) is 5.32 Å². The number of amides is 2. The zero-order chi connectivity index (χ0) is 20.6. The van der Waals surface area contributed by atoms with Crippen LogP contribution in [-0.2, 0) is 0 Å². The zero-order valence-corrected chi connectivity index (χ0v) is 15.0. The molecule has 9 heteroatoms. The van der Waals surface area contributed by atoms with E-state index in [1.807, 2.05) is 0 Å². The molecule has 0 aliphatic rings. The van der Waals surface area contributed by atoms with Crippen molar-refractivity contribution in [3.63, 3.8) is 0 Å². The Bertz CT molecular complexity index is 1070. The lowest BCUT2D eigenvalue weighted by Gasteiger charge is -2.06. The smallest absolute Gasteiger partial charge is 0.271 e. The van der Waals surface area contributed by atoms with Gasteiger partial charge in [0.15, 0.2) is 0 Å². The van der Waals surface area contributed by atoms with E-state index in [4.69, 9.17) is 0 Å². The number of aromatic nitrogens is 1. The number of hydrogen-bond acceptors (Lipinski definition) is 6. The predicted octanol–water partition coefficient (Wildman–Crippen LogP) is 3.01. The van der Waals surface area contributed by atoms with Crippen LogP contribution in [0.25, 0.3) is 0 Å². The van der Waals surface area contributed by atoms with Crippen molar-refractivity contribution in [1.29, 1.82) is 0 Å². The number of nitro benzene ring substituents is 1. The highest BCUT2D eigenvalue weighted by Gasteiger charge is 2.12. The molecule has 0 bridgehead atoms. The van der Waals surface area contributed by atoms with E-state index in [-0.39, 0.29) is 11.3 Å². The van der Waals surface area contributed by atoms with Gasteiger partial charge < -0.3 is 5.32 Å². The van der Waals surface area contributed by atoms with E-state index >= 15 is 0 Å². The molecule has 29 heavy (non-hydrogen) atoms. The molecule has 0 radical (unpaired) electrons. The number of benzene rings is 2. The van der Waals surface area contributed by atoms with Crippen molar-refractivity contribution < 1.29 is 14.5 Å². The van der Waals surface area contributed by atoms with Gasteiger partial charge in [0.2, 0.25) is 0 Å². The van der Waals surface area contributed by atoms with Gasteiger partial charge in [-0.3, -0.25) is 24.7 Å². The molecule has 0 unspecified atom stereocenters. The van der Waals surface area contributed by atoms with Crippen molar-refractivity contribution in [2.24, 2.45) is 5.10 Å². The van der Waals surface area contributed by atoms with Gasteiger partial charge in [-0.2, -0.15) is 5.10 Å². The minimum absolute atomic E-state index is 0.159. The van der Waals surface area contributed by atoms with Gasteiger partial charge in [0.25, 0.3) is 17.5 Å². The Morgan fingerprint density at radius 3 is 2.38 bits per heavy atom. The van der Waals surface area contributed by atoms with Gasteiger partial charge in [0.1, 0.15) is 0 Å². The van der Waals surface area contributed by atoms with Crippen LogP contribution in [0.2, 0.25) is 0 Å². The van der Waals surface area contributed by atoms with Gasteiger partial charge in [0.05, 0.1) is 11.1 Å². The molecular formula is C20H15N5O4. The van der Waals surface area contributed by atoms with E-state index < -0.39 is 16.7 Å². The summed E-state index contributed by atoms with van der Waals surface area (Å²) < 4.78 is 0. The molecule has 9 nitrogen and oxygen atoms in total. The third kappa shape index (κ3) is 5.30. The molecule has 1 heterocycles. The summed E-state index contributed by atoms with van der Waals surface area (Å²) in [6.07, 6.45) is 4.72. The lowest BCUT2D eigenvalue weighted by Crippen LogP contribution is -2.18. The molecule has 0 aliphatic carbocycles. The summed E-state index contributed by atoms with van der Waals surface area (Å²) >= 11 is 0. The van der Waals surface area contributed by atoms with Crippen molar-refractivity contribution in [1.82, 2.24) is 10.4 Å². The lowest BCUT2D eigenvalue weighted by molar-refractivity contribution is -0.384. The summed E-state index contributed by atoms with van der Waals surface area (Å²) in [4.78, 5) is 38.5. The van der Waals surface area contributed by atoms with Gasteiger partial charge in [-0.25, -0.2) is 5.43 Å². The predicted molar refractivity (Wildman–Crippen MR) is 107 cm³/mol. The molecule has 0 saturated heterocycles. The highest BCUT2D eigenvalue weighted by Crippen LogP contribution is 2.16. The molecule has 3 aromatic rings. The van der Waals surface area contributed by atoms with Gasteiger partial charge in [0, 0.05) is 41.3 Å². The van der Waals surface area contributed by atoms with Crippen LogP contribution in [0.15, 0.2) is 78.2 Å². The van der Waals surface area contributed by atoms with E-state index in [9.17, 15) is 19.7 Å². The molecule has 1 aromatic heterocycles. The molecule has 3 rings (SSSR count). The number of carbonyl (C=O) groups excluding carboxylic acids is 2. The number of hydrogen-bond donors (Lipinski definition) is 2. The van der Waals surface area contributed by atoms with Crippen LogP contribution in [0.4, 0.5) is 11.4 Å². The molecule has 0 atom stereocenters. The zero-order valence-electron chi connectivity index (χ0n) is 15.0. The van der Waals surface area contributed by atoms with Gasteiger partial charge in [-0.05, 0) is 48.0 Å². The van der Waals surface area contributed by atoms with Crippen molar-refractivity contribution in [3.8, 4) is 0 Å². The number of anilines is 1. The Hall–Kier alpha value is -4.40. The molecule has 2 N–H and O–H groups in total. The van der Waals surface area contributed by atoms with Gasteiger partial charge in [-0.1, -0.05) is 6.07 Å². The van der Waals surface area contributed by atoms with Crippen LogP contribution in [0.1, 0.15) is 26.3 Å². The first-order valence-corrected chi connectivity index (χ1v) is 8.42. The summed E-state index contributed by atoms with van der Waals surface area (Å²) in [5, 5.41) is 17.3. The molecule has 2 amide bonds. The Labute approximate surface area is 165 Å². The largest absolute Gasteiger partial charge is 0.322 e.